The zero-order valence-corrected chi connectivity index (χ0v) is 6.32. The van der Waals surface area contributed by atoms with E-state index in [9.17, 15) is 11.0 Å². The van der Waals surface area contributed by atoms with Crippen LogP contribution in [-0.2, 0) is 45.6 Å². The summed E-state index contributed by atoms with van der Waals surface area (Å²) in [6.45, 7) is 0. The molecule has 4 nitrogen and oxygen atoms in total. The minimum absolute atomic E-state index is 0. The van der Waals surface area contributed by atoms with Gasteiger partial charge in [-0.05, 0) is 0 Å². The molecule has 0 rings (SSSR count). The van der Waals surface area contributed by atoms with Crippen LogP contribution in [0.1, 0.15) is 1.43 Å². The molecule has 0 saturated carbocycles. The van der Waals surface area contributed by atoms with E-state index in [1.807, 2.05) is 0 Å². The molecule has 0 unspecified atom stereocenters. The SMILES string of the molecule is [H-].[Li+].[O]=[V][O][V](=[O])=[O]. The van der Waals surface area contributed by atoms with Crippen LogP contribution in [0.25, 0.3) is 0 Å². The average Bonchev–Trinajstić information content (AvgIpc) is 1.35. The first-order chi connectivity index (χ1) is 2.77. The first-order valence-electron chi connectivity index (χ1n) is 0.913. The van der Waals surface area contributed by atoms with Gasteiger partial charge in [0.25, 0.3) is 0 Å². The van der Waals surface area contributed by atoms with Crippen LogP contribution in [0.5, 0.6) is 0 Å². The predicted molar refractivity (Wildman–Crippen MR) is 4.26 cm³/mol. The molecule has 0 bridgehead atoms. The van der Waals surface area contributed by atoms with Gasteiger partial charge in [0.05, 0.1) is 0 Å². The molecule has 0 aliphatic heterocycles. The van der Waals surface area contributed by atoms with E-state index < -0.39 is 32.0 Å². The van der Waals surface area contributed by atoms with Crippen molar-refractivity contribution in [2.45, 2.75) is 0 Å². The van der Waals surface area contributed by atoms with E-state index in [0.29, 0.717) is 0 Å². The van der Waals surface area contributed by atoms with Crippen molar-refractivity contribution in [3.05, 3.63) is 0 Å². The second-order valence-corrected chi connectivity index (χ2v) is 2.62. The molecule has 0 aliphatic rings. The van der Waals surface area contributed by atoms with Crippen molar-refractivity contribution in [3.63, 3.8) is 0 Å². The predicted octanol–water partition coefficient (Wildman–Crippen LogP) is -3.31. The third-order valence-electron chi connectivity index (χ3n) is 0.100. The number of rotatable bonds is 2. The monoisotopic (exact) mass is 174 g/mol. The third kappa shape index (κ3) is 11.0. The van der Waals surface area contributed by atoms with Gasteiger partial charge < -0.3 is 1.43 Å². The average molecular weight is 174 g/mol. The summed E-state index contributed by atoms with van der Waals surface area (Å²) < 4.78 is 31.5. The Morgan fingerprint density at radius 1 is 1.57 bits per heavy atom. The second-order valence-electron chi connectivity index (χ2n) is 0.380. The van der Waals surface area contributed by atoms with Crippen LogP contribution in [0, 0.1) is 0 Å². The molecule has 0 amide bonds. The first-order valence-corrected chi connectivity index (χ1v) is 3.76. The van der Waals surface area contributed by atoms with Gasteiger partial charge in [0.15, 0.2) is 0 Å². The van der Waals surface area contributed by atoms with Crippen LogP contribution in [0.2, 0.25) is 0 Å². The minimum atomic E-state index is -3.49. The van der Waals surface area contributed by atoms with Gasteiger partial charge in [-0.25, -0.2) is 0 Å². The van der Waals surface area contributed by atoms with Gasteiger partial charge in [-0.3, -0.25) is 0 Å². The summed E-state index contributed by atoms with van der Waals surface area (Å²) >= 11 is -5.12. The van der Waals surface area contributed by atoms with Gasteiger partial charge in [0, 0.05) is 0 Å². The van der Waals surface area contributed by atoms with Crippen molar-refractivity contribution >= 4 is 0 Å². The Labute approximate surface area is 65.7 Å². The molecule has 0 fully saturated rings. The Kier molecular flexibility index (Phi) is 11.2. The Hall–Kier alpha value is 1.13. The molecule has 0 heterocycles. The molecule has 0 aromatic carbocycles. The topological polar surface area (TPSA) is 60.4 Å². The molecular weight excluding hydrogens is 173 g/mol. The van der Waals surface area contributed by atoms with Crippen molar-refractivity contribution in [2.75, 3.05) is 0 Å². The Morgan fingerprint density at radius 2 is 2.00 bits per heavy atom. The fraction of sp³-hybridized carbons (Fsp3) is 0. The van der Waals surface area contributed by atoms with E-state index >= 15 is 0 Å². The van der Waals surface area contributed by atoms with Crippen molar-refractivity contribution in [1.29, 1.82) is 0 Å². The summed E-state index contributed by atoms with van der Waals surface area (Å²) in [6, 6.07) is 0. The van der Waals surface area contributed by atoms with E-state index in [2.05, 4.69) is 2.59 Å². The molecule has 0 saturated heterocycles. The van der Waals surface area contributed by atoms with Crippen molar-refractivity contribution in [2.24, 2.45) is 0 Å². The molecule has 0 aromatic rings. The van der Waals surface area contributed by atoms with Gasteiger partial charge in [0.1, 0.15) is 0 Å². The standard InChI is InChI=1S/Li.4O.2V.H/q+1;;;;;;;-1. The summed E-state index contributed by atoms with van der Waals surface area (Å²) in [7, 11) is 0. The second kappa shape index (κ2) is 7.13. The maximum absolute atomic E-state index is 9.32. The van der Waals surface area contributed by atoms with Crippen LogP contribution in [-0.4, -0.2) is 0 Å². The van der Waals surface area contributed by atoms with E-state index in [-0.39, 0.29) is 20.3 Å². The molecule has 0 N–H and O–H groups in total. The van der Waals surface area contributed by atoms with Crippen LogP contribution >= 0.6 is 0 Å². The van der Waals surface area contributed by atoms with E-state index in [4.69, 9.17) is 0 Å². The zero-order chi connectivity index (χ0) is 4.99. The van der Waals surface area contributed by atoms with E-state index in [0.717, 1.165) is 0 Å². The Morgan fingerprint density at radius 3 is 2.00 bits per heavy atom. The van der Waals surface area contributed by atoms with Crippen LogP contribution in [0.3, 0.4) is 0 Å². The number of hydrogen-bond donors (Lipinski definition) is 0. The van der Waals surface area contributed by atoms with Gasteiger partial charge >= 0.3 is 64.5 Å². The molecule has 0 aromatic heterocycles. The van der Waals surface area contributed by atoms with Gasteiger partial charge in [-0.2, -0.15) is 0 Å². The molecule has 0 atom stereocenters. The van der Waals surface area contributed by atoms with Crippen molar-refractivity contribution in [1.82, 2.24) is 0 Å². The van der Waals surface area contributed by atoms with Crippen LogP contribution in [0.15, 0.2) is 0 Å². The third-order valence-corrected chi connectivity index (χ3v) is 1.70. The van der Waals surface area contributed by atoms with Crippen molar-refractivity contribution in [3.8, 4) is 0 Å². The maximum atomic E-state index is 9.32. The summed E-state index contributed by atoms with van der Waals surface area (Å²) in [5.41, 5.74) is 0. The normalized spacial score (nSPS) is 6.29. The molecular formula is HLiO4V2. The van der Waals surface area contributed by atoms with Crippen LogP contribution in [0.4, 0.5) is 0 Å². The van der Waals surface area contributed by atoms with Crippen LogP contribution < -0.4 is 18.9 Å². The van der Waals surface area contributed by atoms with Crippen molar-refractivity contribution < 1.29 is 65.9 Å². The molecule has 0 aliphatic carbocycles. The summed E-state index contributed by atoms with van der Waals surface area (Å²) in [5.74, 6) is 0. The zero-order valence-electron chi connectivity index (χ0n) is 4.53. The molecule has 7 heavy (non-hydrogen) atoms. The number of hydrogen-bond acceptors (Lipinski definition) is 4. The quantitative estimate of drug-likeness (QED) is 0.411. The van der Waals surface area contributed by atoms with Gasteiger partial charge in [-0.15, -0.1) is 0 Å². The fourth-order valence-electron chi connectivity index (χ4n) is 0.0272. The van der Waals surface area contributed by atoms with E-state index in [1.54, 1.807) is 0 Å². The fourth-order valence-corrected chi connectivity index (χ4v) is 0.463. The summed E-state index contributed by atoms with van der Waals surface area (Å²) in [6.07, 6.45) is 0. The van der Waals surface area contributed by atoms with E-state index in [1.165, 1.54) is 0 Å². The summed E-state index contributed by atoms with van der Waals surface area (Å²) in [5, 5.41) is 0. The molecule has 7 heteroatoms. The Bertz CT molecular complexity index is 101. The summed E-state index contributed by atoms with van der Waals surface area (Å²) in [4.78, 5) is 0. The first kappa shape index (κ1) is 11.0. The van der Waals surface area contributed by atoms with Gasteiger partial charge in [-0.1, -0.05) is 0 Å². The van der Waals surface area contributed by atoms with Gasteiger partial charge in [0.2, 0.25) is 0 Å². The Balaban J connectivity index is -0.000000125. The molecule has 36 valence electrons. The molecule has 0 spiro atoms. The molecule has 0 radical (unpaired) electrons.